The van der Waals surface area contributed by atoms with Crippen LogP contribution in [0.15, 0.2) is 35.3 Å². The molecule has 1 aliphatic heterocycles. The van der Waals surface area contributed by atoms with Gasteiger partial charge < -0.3 is 15.5 Å². The molecular weight excluding hydrogens is 310 g/mol. The predicted molar refractivity (Wildman–Crippen MR) is 106 cm³/mol. The van der Waals surface area contributed by atoms with Crippen molar-refractivity contribution in [1.29, 1.82) is 0 Å². The van der Waals surface area contributed by atoms with Gasteiger partial charge in [0, 0.05) is 57.5 Å². The molecule has 3 rings (SSSR count). The average Bonchev–Trinajstić information content (AvgIpc) is 3.34. The standard InChI is InChI=1S/C20H33N5/c1-3-21-20(23-19-16-17(19)2)22-10-7-11-24-12-14-25(15-13-24)18-8-5-4-6-9-18/h4-6,8-9,17,19H,3,7,10-16H2,1-2H3,(H2,21,22,23). The van der Waals surface area contributed by atoms with Gasteiger partial charge in [-0.15, -0.1) is 0 Å². The maximum Gasteiger partial charge on any atom is 0.191 e. The summed E-state index contributed by atoms with van der Waals surface area (Å²) in [5.74, 6) is 1.79. The number of aliphatic imine (C=N–C) groups is 1. The Labute approximate surface area is 152 Å². The van der Waals surface area contributed by atoms with E-state index < -0.39 is 0 Å². The highest BCUT2D eigenvalue weighted by Gasteiger charge is 2.33. The van der Waals surface area contributed by atoms with Crippen molar-refractivity contribution in [3.05, 3.63) is 30.3 Å². The smallest absolute Gasteiger partial charge is 0.191 e. The van der Waals surface area contributed by atoms with Gasteiger partial charge in [-0.25, -0.2) is 0 Å². The highest BCUT2D eigenvalue weighted by atomic mass is 15.3. The second-order valence-corrected chi connectivity index (χ2v) is 7.24. The van der Waals surface area contributed by atoms with Gasteiger partial charge in [0.15, 0.2) is 5.96 Å². The Balaban J connectivity index is 1.34. The Bertz CT molecular complexity index is 536. The Morgan fingerprint density at radius 3 is 2.52 bits per heavy atom. The highest BCUT2D eigenvalue weighted by molar-refractivity contribution is 5.80. The zero-order valence-corrected chi connectivity index (χ0v) is 15.7. The van der Waals surface area contributed by atoms with Gasteiger partial charge in [-0.1, -0.05) is 25.1 Å². The van der Waals surface area contributed by atoms with Crippen LogP contribution in [0.5, 0.6) is 0 Å². The largest absolute Gasteiger partial charge is 0.369 e. The molecule has 5 heteroatoms. The first-order valence-electron chi connectivity index (χ1n) is 9.83. The maximum absolute atomic E-state index is 4.73. The number of nitrogens with zero attached hydrogens (tertiary/aromatic N) is 3. The molecule has 1 saturated heterocycles. The zero-order valence-electron chi connectivity index (χ0n) is 15.7. The average molecular weight is 344 g/mol. The van der Waals surface area contributed by atoms with Crippen molar-refractivity contribution in [2.45, 2.75) is 32.7 Å². The summed E-state index contributed by atoms with van der Waals surface area (Å²) in [5.41, 5.74) is 1.35. The van der Waals surface area contributed by atoms with Gasteiger partial charge in [-0.2, -0.15) is 0 Å². The first kappa shape index (κ1) is 18.1. The number of nitrogens with one attached hydrogen (secondary N) is 2. The lowest BCUT2D eigenvalue weighted by atomic mass is 10.2. The minimum atomic E-state index is 0.629. The van der Waals surface area contributed by atoms with Crippen LogP contribution < -0.4 is 15.5 Å². The molecule has 1 saturated carbocycles. The third-order valence-electron chi connectivity index (χ3n) is 5.17. The predicted octanol–water partition coefficient (Wildman–Crippen LogP) is 2.16. The lowest BCUT2D eigenvalue weighted by Crippen LogP contribution is -2.46. The van der Waals surface area contributed by atoms with E-state index in [1.54, 1.807) is 0 Å². The number of anilines is 1. The molecule has 2 unspecified atom stereocenters. The highest BCUT2D eigenvalue weighted by Crippen LogP contribution is 2.28. The molecule has 2 atom stereocenters. The maximum atomic E-state index is 4.73. The SMILES string of the molecule is CCNC(=NCCCN1CCN(c2ccccc2)CC1)NC1CC1C. The second-order valence-electron chi connectivity index (χ2n) is 7.24. The van der Waals surface area contributed by atoms with E-state index in [1.165, 1.54) is 12.1 Å². The van der Waals surface area contributed by atoms with Gasteiger partial charge in [-0.3, -0.25) is 9.89 Å². The quantitative estimate of drug-likeness (QED) is 0.452. The summed E-state index contributed by atoms with van der Waals surface area (Å²) in [7, 11) is 0. The monoisotopic (exact) mass is 343 g/mol. The van der Waals surface area contributed by atoms with E-state index in [1.807, 2.05) is 0 Å². The van der Waals surface area contributed by atoms with Crippen LogP contribution in [0.2, 0.25) is 0 Å². The zero-order chi connectivity index (χ0) is 17.5. The van der Waals surface area contributed by atoms with E-state index in [0.29, 0.717) is 6.04 Å². The van der Waals surface area contributed by atoms with Crippen LogP contribution in [0.4, 0.5) is 5.69 Å². The third kappa shape index (κ3) is 5.63. The minimum absolute atomic E-state index is 0.629. The normalized spacial score (nSPS) is 24.2. The van der Waals surface area contributed by atoms with Gasteiger partial charge in [0.2, 0.25) is 0 Å². The van der Waals surface area contributed by atoms with Crippen LogP contribution in [0.1, 0.15) is 26.7 Å². The van der Waals surface area contributed by atoms with Gasteiger partial charge in [0.1, 0.15) is 0 Å². The summed E-state index contributed by atoms with van der Waals surface area (Å²) in [4.78, 5) is 9.78. The van der Waals surface area contributed by atoms with Crippen LogP contribution in [0.3, 0.4) is 0 Å². The number of para-hydroxylation sites is 1. The van der Waals surface area contributed by atoms with Gasteiger partial charge in [0.05, 0.1) is 0 Å². The number of benzene rings is 1. The van der Waals surface area contributed by atoms with E-state index in [9.17, 15) is 0 Å². The van der Waals surface area contributed by atoms with E-state index in [0.717, 1.165) is 64.1 Å². The fourth-order valence-corrected chi connectivity index (χ4v) is 3.37. The van der Waals surface area contributed by atoms with Crippen molar-refractivity contribution in [3.63, 3.8) is 0 Å². The number of hydrogen-bond donors (Lipinski definition) is 2. The van der Waals surface area contributed by atoms with Gasteiger partial charge >= 0.3 is 0 Å². The van der Waals surface area contributed by atoms with Crippen LogP contribution in [0, 0.1) is 5.92 Å². The fourth-order valence-electron chi connectivity index (χ4n) is 3.37. The molecule has 0 aromatic heterocycles. The van der Waals surface area contributed by atoms with E-state index in [-0.39, 0.29) is 0 Å². The minimum Gasteiger partial charge on any atom is -0.369 e. The summed E-state index contributed by atoms with van der Waals surface area (Å²) in [6, 6.07) is 11.4. The van der Waals surface area contributed by atoms with E-state index >= 15 is 0 Å². The van der Waals surface area contributed by atoms with Crippen molar-refractivity contribution in [2.24, 2.45) is 10.9 Å². The second kappa shape index (κ2) is 9.09. The van der Waals surface area contributed by atoms with E-state index in [2.05, 4.69) is 64.6 Å². The van der Waals surface area contributed by atoms with Crippen LogP contribution in [-0.4, -0.2) is 62.7 Å². The van der Waals surface area contributed by atoms with Gasteiger partial charge in [0.25, 0.3) is 0 Å². The molecule has 138 valence electrons. The Kier molecular flexibility index (Phi) is 6.56. The lowest BCUT2D eigenvalue weighted by molar-refractivity contribution is 0.256. The topological polar surface area (TPSA) is 42.9 Å². The molecule has 0 spiro atoms. The molecule has 1 aliphatic carbocycles. The van der Waals surface area contributed by atoms with Crippen LogP contribution >= 0.6 is 0 Å². The molecule has 0 radical (unpaired) electrons. The number of piperazine rings is 1. The Hall–Kier alpha value is -1.75. The van der Waals surface area contributed by atoms with Crippen molar-refractivity contribution < 1.29 is 0 Å². The lowest BCUT2D eigenvalue weighted by Gasteiger charge is -2.36. The molecule has 25 heavy (non-hydrogen) atoms. The summed E-state index contributed by atoms with van der Waals surface area (Å²) in [6.07, 6.45) is 2.40. The molecule has 2 aliphatic rings. The first-order chi connectivity index (χ1) is 12.3. The van der Waals surface area contributed by atoms with Crippen molar-refractivity contribution in [2.75, 3.05) is 50.7 Å². The van der Waals surface area contributed by atoms with Crippen molar-refractivity contribution in [3.8, 4) is 0 Å². The fraction of sp³-hybridized carbons (Fsp3) is 0.650. The molecule has 1 aromatic rings. The third-order valence-corrected chi connectivity index (χ3v) is 5.17. The van der Waals surface area contributed by atoms with Gasteiger partial charge in [-0.05, 0) is 37.8 Å². The summed E-state index contributed by atoms with van der Waals surface area (Å²) >= 11 is 0. The Morgan fingerprint density at radius 2 is 1.88 bits per heavy atom. The summed E-state index contributed by atoms with van der Waals surface area (Å²) in [6.45, 7) is 11.9. The molecule has 1 aromatic carbocycles. The number of guanidine groups is 1. The first-order valence-corrected chi connectivity index (χ1v) is 9.83. The molecule has 2 fully saturated rings. The number of hydrogen-bond acceptors (Lipinski definition) is 3. The molecular formula is C20H33N5. The van der Waals surface area contributed by atoms with Crippen LogP contribution in [-0.2, 0) is 0 Å². The van der Waals surface area contributed by atoms with Crippen LogP contribution in [0.25, 0.3) is 0 Å². The molecule has 0 amide bonds. The molecule has 1 heterocycles. The Morgan fingerprint density at radius 1 is 1.16 bits per heavy atom. The summed E-state index contributed by atoms with van der Waals surface area (Å²) < 4.78 is 0. The molecule has 2 N–H and O–H groups in total. The van der Waals surface area contributed by atoms with E-state index in [4.69, 9.17) is 4.99 Å². The molecule has 0 bridgehead atoms. The van der Waals surface area contributed by atoms with Crippen molar-refractivity contribution in [1.82, 2.24) is 15.5 Å². The van der Waals surface area contributed by atoms with Crippen molar-refractivity contribution >= 4 is 11.6 Å². The molecule has 5 nitrogen and oxygen atoms in total. The number of rotatable bonds is 7. The summed E-state index contributed by atoms with van der Waals surface area (Å²) in [5, 5.41) is 6.88.